The number of para-hydroxylation sites is 1. The molecule has 1 atom stereocenters. The number of nitrogens with one attached hydrogen (secondary N) is 2. The van der Waals surface area contributed by atoms with Crippen LogP contribution in [0.5, 0.6) is 0 Å². The zero-order valence-electron chi connectivity index (χ0n) is 18.2. The summed E-state index contributed by atoms with van der Waals surface area (Å²) < 4.78 is 1.86. The average Bonchev–Trinajstić information content (AvgIpc) is 3.20. The molecule has 1 aromatic heterocycles. The number of rotatable bonds is 7. The highest BCUT2D eigenvalue weighted by Crippen LogP contribution is 2.27. The van der Waals surface area contributed by atoms with Gasteiger partial charge in [-0.3, -0.25) is 9.59 Å². The molecule has 0 aliphatic rings. The summed E-state index contributed by atoms with van der Waals surface area (Å²) in [5, 5.41) is 14.6. The van der Waals surface area contributed by atoms with E-state index in [9.17, 15) is 9.59 Å². The molecule has 1 heterocycles. The predicted octanol–water partition coefficient (Wildman–Crippen LogP) is 4.85. The summed E-state index contributed by atoms with van der Waals surface area (Å²) >= 11 is 1.34. The third kappa shape index (κ3) is 5.48. The molecule has 0 aliphatic carbocycles. The minimum atomic E-state index is -0.350. The van der Waals surface area contributed by atoms with Crippen LogP contribution in [0.4, 0.5) is 11.4 Å². The van der Waals surface area contributed by atoms with E-state index in [0.29, 0.717) is 22.2 Å². The molecule has 0 unspecified atom stereocenters. The zero-order chi connectivity index (χ0) is 23.2. The van der Waals surface area contributed by atoms with Gasteiger partial charge in [-0.1, -0.05) is 48.2 Å². The van der Waals surface area contributed by atoms with Gasteiger partial charge in [0, 0.05) is 29.5 Å². The van der Waals surface area contributed by atoms with E-state index in [2.05, 4.69) is 20.8 Å². The number of carbonyl (C=O) groups is 2. The summed E-state index contributed by atoms with van der Waals surface area (Å²) in [4.78, 5) is 24.8. The molecule has 0 bridgehead atoms. The lowest BCUT2D eigenvalue weighted by molar-refractivity contribution is -0.115. The Morgan fingerprint density at radius 2 is 1.42 bits per heavy atom. The molecule has 8 heteroatoms. The SMILES string of the molecule is C[C@H](Sc1nnc(-c2ccc(NC(=O)c3ccccc3)cc2)n1C)C(=O)Nc1ccccc1. The van der Waals surface area contributed by atoms with E-state index in [4.69, 9.17) is 0 Å². The van der Waals surface area contributed by atoms with Crippen LogP contribution >= 0.6 is 11.8 Å². The molecule has 0 saturated carbocycles. The zero-order valence-corrected chi connectivity index (χ0v) is 19.0. The second kappa shape index (κ2) is 10.1. The number of thioether (sulfide) groups is 1. The Morgan fingerprint density at radius 1 is 0.818 bits per heavy atom. The minimum absolute atomic E-state index is 0.103. The van der Waals surface area contributed by atoms with Gasteiger partial charge in [0.05, 0.1) is 5.25 Å². The number of carbonyl (C=O) groups excluding carboxylic acids is 2. The predicted molar refractivity (Wildman–Crippen MR) is 131 cm³/mol. The fourth-order valence-electron chi connectivity index (χ4n) is 3.14. The molecule has 33 heavy (non-hydrogen) atoms. The topological polar surface area (TPSA) is 88.9 Å². The van der Waals surface area contributed by atoms with Crippen molar-refractivity contribution in [2.24, 2.45) is 7.05 Å². The van der Waals surface area contributed by atoms with Gasteiger partial charge in [-0.15, -0.1) is 10.2 Å². The maximum atomic E-state index is 12.5. The Hall–Kier alpha value is -3.91. The normalized spacial score (nSPS) is 11.6. The van der Waals surface area contributed by atoms with E-state index in [1.807, 2.05) is 91.3 Å². The van der Waals surface area contributed by atoms with E-state index >= 15 is 0 Å². The summed E-state index contributed by atoms with van der Waals surface area (Å²) in [7, 11) is 1.87. The minimum Gasteiger partial charge on any atom is -0.325 e. The molecular weight excluding hydrogens is 434 g/mol. The molecule has 0 aliphatic heterocycles. The molecule has 2 N–H and O–H groups in total. The van der Waals surface area contributed by atoms with Gasteiger partial charge >= 0.3 is 0 Å². The van der Waals surface area contributed by atoms with Gasteiger partial charge in [0.15, 0.2) is 11.0 Å². The fraction of sp³-hybridized carbons (Fsp3) is 0.120. The van der Waals surface area contributed by atoms with Crippen molar-refractivity contribution in [3.05, 3.63) is 90.5 Å². The molecule has 4 aromatic rings. The van der Waals surface area contributed by atoms with Crippen molar-refractivity contribution < 1.29 is 9.59 Å². The third-order valence-corrected chi connectivity index (χ3v) is 6.10. The van der Waals surface area contributed by atoms with Gasteiger partial charge in [-0.05, 0) is 55.5 Å². The van der Waals surface area contributed by atoms with Crippen LogP contribution < -0.4 is 10.6 Å². The summed E-state index contributed by atoms with van der Waals surface area (Å²) in [5.74, 6) is 0.409. The van der Waals surface area contributed by atoms with Crippen LogP contribution in [0.1, 0.15) is 17.3 Å². The number of hydrogen-bond donors (Lipinski definition) is 2. The van der Waals surface area contributed by atoms with Gasteiger partial charge in [-0.2, -0.15) is 0 Å². The van der Waals surface area contributed by atoms with Gasteiger partial charge in [0.1, 0.15) is 0 Å². The maximum absolute atomic E-state index is 12.5. The second-order valence-electron chi connectivity index (χ2n) is 7.38. The van der Waals surface area contributed by atoms with Gasteiger partial charge in [0.2, 0.25) is 5.91 Å². The van der Waals surface area contributed by atoms with E-state index in [1.165, 1.54) is 11.8 Å². The summed E-state index contributed by atoms with van der Waals surface area (Å²) in [6.07, 6.45) is 0. The highest BCUT2D eigenvalue weighted by atomic mass is 32.2. The van der Waals surface area contributed by atoms with Crippen molar-refractivity contribution in [3.63, 3.8) is 0 Å². The Kier molecular flexibility index (Phi) is 6.85. The van der Waals surface area contributed by atoms with Crippen molar-refractivity contribution in [3.8, 4) is 11.4 Å². The molecule has 0 saturated heterocycles. The van der Waals surface area contributed by atoms with E-state index in [1.54, 1.807) is 12.1 Å². The Balaban J connectivity index is 1.40. The molecule has 0 spiro atoms. The number of amides is 2. The molecular formula is C25H23N5O2S. The fourth-order valence-corrected chi connectivity index (χ4v) is 3.96. The van der Waals surface area contributed by atoms with E-state index < -0.39 is 0 Å². The van der Waals surface area contributed by atoms with E-state index in [-0.39, 0.29) is 17.1 Å². The molecule has 2 amide bonds. The second-order valence-corrected chi connectivity index (χ2v) is 8.69. The van der Waals surface area contributed by atoms with Crippen LogP contribution in [0.2, 0.25) is 0 Å². The van der Waals surface area contributed by atoms with Crippen LogP contribution in [0.25, 0.3) is 11.4 Å². The standard InChI is InChI=1S/C25H23N5O2S/c1-17(23(31)26-20-11-7-4-8-12-20)33-25-29-28-22(30(25)2)18-13-15-21(16-14-18)27-24(32)19-9-5-3-6-10-19/h3-17H,1-2H3,(H,26,31)(H,27,32)/t17-/m0/s1. The quantitative estimate of drug-likeness (QED) is 0.387. The maximum Gasteiger partial charge on any atom is 0.255 e. The summed E-state index contributed by atoms with van der Waals surface area (Å²) in [6.45, 7) is 1.83. The van der Waals surface area contributed by atoms with Crippen LogP contribution in [-0.4, -0.2) is 31.8 Å². The van der Waals surface area contributed by atoms with Crippen molar-refractivity contribution in [2.75, 3.05) is 10.6 Å². The Labute approximate surface area is 196 Å². The van der Waals surface area contributed by atoms with Crippen LogP contribution in [0, 0.1) is 0 Å². The molecule has 0 fully saturated rings. The first kappa shape index (κ1) is 22.3. The largest absolute Gasteiger partial charge is 0.325 e. The highest BCUT2D eigenvalue weighted by molar-refractivity contribution is 8.00. The first-order valence-corrected chi connectivity index (χ1v) is 11.3. The Morgan fingerprint density at radius 3 is 2.09 bits per heavy atom. The molecule has 3 aromatic carbocycles. The first-order valence-electron chi connectivity index (χ1n) is 10.4. The molecule has 166 valence electrons. The lowest BCUT2D eigenvalue weighted by atomic mass is 10.1. The molecule has 4 rings (SSSR count). The number of hydrogen-bond acceptors (Lipinski definition) is 5. The lowest BCUT2D eigenvalue weighted by Gasteiger charge is -2.11. The summed E-state index contributed by atoms with van der Waals surface area (Å²) in [6, 6.07) is 25.8. The highest BCUT2D eigenvalue weighted by Gasteiger charge is 2.19. The monoisotopic (exact) mass is 457 g/mol. The lowest BCUT2D eigenvalue weighted by Crippen LogP contribution is -2.22. The average molecular weight is 458 g/mol. The van der Waals surface area contributed by atoms with E-state index in [0.717, 1.165) is 11.3 Å². The first-order chi connectivity index (χ1) is 16.0. The van der Waals surface area contributed by atoms with Crippen LogP contribution in [-0.2, 0) is 11.8 Å². The summed E-state index contributed by atoms with van der Waals surface area (Å²) in [5.41, 5.74) is 2.90. The van der Waals surface area contributed by atoms with Crippen molar-refractivity contribution in [1.82, 2.24) is 14.8 Å². The van der Waals surface area contributed by atoms with Gasteiger partial charge in [-0.25, -0.2) is 0 Å². The molecule has 7 nitrogen and oxygen atoms in total. The Bertz CT molecular complexity index is 1240. The molecule has 0 radical (unpaired) electrons. The van der Waals surface area contributed by atoms with Gasteiger partial charge < -0.3 is 15.2 Å². The number of nitrogens with zero attached hydrogens (tertiary/aromatic N) is 3. The number of benzene rings is 3. The third-order valence-electron chi connectivity index (χ3n) is 4.96. The van der Waals surface area contributed by atoms with Crippen LogP contribution in [0.3, 0.4) is 0 Å². The van der Waals surface area contributed by atoms with Gasteiger partial charge in [0.25, 0.3) is 5.91 Å². The van der Waals surface area contributed by atoms with Crippen molar-refractivity contribution in [2.45, 2.75) is 17.3 Å². The van der Waals surface area contributed by atoms with Crippen LogP contribution in [0.15, 0.2) is 90.1 Å². The number of aromatic nitrogens is 3. The number of anilines is 2. The van der Waals surface area contributed by atoms with Crippen molar-refractivity contribution >= 4 is 35.0 Å². The smallest absolute Gasteiger partial charge is 0.255 e. The van der Waals surface area contributed by atoms with Crippen molar-refractivity contribution in [1.29, 1.82) is 0 Å².